The van der Waals surface area contributed by atoms with Gasteiger partial charge in [0.1, 0.15) is 12.2 Å². The molecule has 1 unspecified atom stereocenters. The number of ether oxygens (including phenoxy) is 1. The number of nitrogens with zero attached hydrogens (tertiary/aromatic N) is 4. The van der Waals surface area contributed by atoms with E-state index < -0.39 is 0 Å². The molecular weight excluding hydrogens is 288 g/mol. The van der Waals surface area contributed by atoms with Crippen molar-refractivity contribution in [3.63, 3.8) is 0 Å². The van der Waals surface area contributed by atoms with Crippen molar-refractivity contribution in [2.75, 3.05) is 7.11 Å². The summed E-state index contributed by atoms with van der Waals surface area (Å²) < 4.78 is 7.20. The Morgan fingerprint density at radius 1 is 1.19 bits per heavy atom. The van der Waals surface area contributed by atoms with Crippen LogP contribution in [0, 0.1) is 6.92 Å². The van der Waals surface area contributed by atoms with Crippen molar-refractivity contribution in [3.8, 4) is 11.6 Å². The minimum absolute atomic E-state index is 0.259. The third-order valence-electron chi connectivity index (χ3n) is 3.28. The molecule has 5 nitrogen and oxygen atoms in total. The summed E-state index contributed by atoms with van der Waals surface area (Å²) in [4.78, 5) is 13.0. The van der Waals surface area contributed by atoms with Gasteiger partial charge in [-0.05, 0) is 26.0 Å². The van der Waals surface area contributed by atoms with Crippen molar-refractivity contribution in [3.05, 3.63) is 42.0 Å². The first-order valence-corrected chi connectivity index (χ1v) is 7.04. The molecule has 0 saturated carbocycles. The van der Waals surface area contributed by atoms with Crippen LogP contribution >= 0.6 is 11.6 Å². The van der Waals surface area contributed by atoms with E-state index in [1.165, 1.54) is 11.9 Å². The zero-order chi connectivity index (χ0) is 15.0. The van der Waals surface area contributed by atoms with Crippen LogP contribution in [0.4, 0.5) is 0 Å². The molecule has 6 heteroatoms. The van der Waals surface area contributed by atoms with Crippen molar-refractivity contribution in [1.29, 1.82) is 0 Å². The van der Waals surface area contributed by atoms with E-state index in [9.17, 15) is 0 Å². The average molecular weight is 303 g/mol. The van der Waals surface area contributed by atoms with Gasteiger partial charge in [-0.3, -0.25) is 4.57 Å². The number of methoxy groups -OCH3 is 1. The Labute approximate surface area is 127 Å². The number of imidazole rings is 1. The van der Waals surface area contributed by atoms with Crippen LogP contribution in [0.3, 0.4) is 0 Å². The fourth-order valence-corrected chi connectivity index (χ4v) is 2.40. The van der Waals surface area contributed by atoms with Crippen LogP contribution in [0.2, 0.25) is 0 Å². The molecule has 0 bridgehead atoms. The van der Waals surface area contributed by atoms with Crippen LogP contribution in [0.5, 0.6) is 5.88 Å². The molecule has 0 aliphatic heterocycles. The van der Waals surface area contributed by atoms with Crippen molar-refractivity contribution < 1.29 is 4.74 Å². The smallest absolute Gasteiger partial charge is 0.245 e. The standard InChI is InChI=1S/C15H15ClN4O/c1-9-4-6-11(7-5-9)20-13(10(2)16)19-12-14(20)17-8-18-15(12)21-3/h4-8,10H,1-3H3. The third kappa shape index (κ3) is 2.34. The molecular formula is C15H15ClN4O. The molecule has 2 heterocycles. The quantitative estimate of drug-likeness (QED) is 0.696. The van der Waals surface area contributed by atoms with Gasteiger partial charge in [-0.15, -0.1) is 11.6 Å². The Morgan fingerprint density at radius 3 is 2.52 bits per heavy atom. The molecule has 0 aliphatic carbocycles. The second-order valence-electron chi connectivity index (χ2n) is 4.81. The van der Waals surface area contributed by atoms with Crippen LogP contribution in [0.1, 0.15) is 23.7 Å². The van der Waals surface area contributed by atoms with E-state index in [4.69, 9.17) is 16.3 Å². The number of alkyl halides is 1. The lowest BCUT2D eigenvalue weighted by Crippen LogP contribution is -2.02. The maximum Gasteiger partial charge on any atom is 0.245 e. The third-order valence-corrected chi connectivity index (χ3v) is 3.47. The van der Waals surface area contributed by atoms with Gasteiger partial charge in [-0.1, -0.05) is 17.7 Å². The summed E-state index contributed by atoms with van der Waals surface area (Å²) in [6, 6.07) is 8.13. The molecule has 0 fully saturated rings. The van der Waals surface area contributed by atoms with Gasteiger partial charge in [0.25, 0.3) is 0 Å². The van der Waals surface area contributed by atoms with Crippen LogP contribution in [-0.2, 0) is 0 Å². The Morgan fingerprint density at radius 2 is 1.90 bits per heavy atom. The highest BCUT2D eigenvalue weighted by Crippen LogP contribution is 2.30. The minimum Gasteiger partial charge on any atom is -0.479 e. The Bertz CT molecular complexity index is 780. The average Bonchev–Trinajstić information content (AvgIpc) is 2.87. The second kappa shape index (κ2) is 5.33. The van der Waals surface area contributed by atoms with E-state index in [2.05, 4.69) is 15.0 Å². The van der Waals surface area contributed by atoms with Crippen LogP contribution in [-0.4, -0.2) is 26.6 Å². The molecule has 0 spiro atoms. The van der Waals surface area contributed by atoms with Gasteiger partial charge < -0.3 is 4.74 Å². The molecule has 0 amide bonds. The first-order chi connectivity index (χ1) is 10.1. The molecule has 0 saturated heterocycles. The summed E-state index contributed by atoms with van der Waals surface area (Å²) >= 11 is 6.28. The Hall–Kier alpha value is -2.14. The second-order valence-corrected chi connectivity index (χ2v) is 5.47. The normalized spacial score (nSPS) is 12.6. The van der Waals surface area contributed by atoms with E-state index in [1.54, 1.807) is 7.11 Å². The first kappa shape index (κ1) is 13.8. The summed E-state index contributed by atoms with van der Waals surface area (Å²) in [6.07, 6.45) is 1.47. The van der Waals surface area contributed by atoms with E-state index in [0.717, 1.165) is 5.69 Å². The molecule has 0 aliphatic rings. The van der Waals surface area contributed by atoms with E-state index in [0.29, 0.717) is 22.9 Å². The van der Waals surface area contributed by atoms with Crippen LogP contribution in [0.15, 0.2) is 30.6 Å². The summed E-state index contributed by atoms with van der Waals surface area (Å²) in [5.74, 6) is 1.17. The predicted molar refractivity (Wildman–Crippen MR) is 82.2 cm³/mol. The number of hydrogen-bond acceptors (Lipinski definition) is 4. The number of fused-ring (bicyclic) bond motifs is 1. The first-order valence-electron chi connectivity index (χ1n) is 6.60. The molecule has 2 aromatic heterocycles. The highest BCUT2D eigenvalue weighted by Gasteiger charge is 2.20. The lowest BCUT2D eigenvalue weighted by molar-refractivity contribution is 0.401. The van der Waals surface area contributed by atoms with Gasteiger partial charge in [-0.2, -0.15) is 4.98 Å². The molecule has 3 rings (SSSR count). The van der Waals surface area contributed by atoms with Crippen LogP contribution < -0.4 is 4.74 Å². The lowest BCUT2D eigenvalue weighted by atomic mass is 10.2. The van der Waals surface area contributed by atoms with Gasteiger partial charge in [0.15, 0.2) is 11.2 Å². The maximum absolute atomic E-state index is 6.28. The molecule has 21 heavy (non-hydrogen) atoms. The van der Waals surface area contributed by atoms with Crippen molar-refractivity contribution in [1.82, 2.24) is 19.5 Å². The number of benzene rings is 1. The van der Waals surface area contributed by atoms with Gasteiger partial charge in [0, 0.05) is 5.69 Å². The Balaban J connectivity index is 2.33. The fraction of sp³-hybridized carbons (Fsp3) is 0.267. The zero-order valence-electron chi connectivity index (χ0n) is 12.0. The van der Waals surface area contributed by atoms with Crippen molar-refractivity contribution in [2.45, 2.75) is 19.2 Å². The van der Waals surface area contributed by atoms with Crippen LogP contribution in [0.25, 0.3) is 16.9 Å². The van der Waals surface area contributed by atoms with Gasteiger partial charge in [0.05, 0.1) is 12.5 Å². The van der Waals surface area contributed by atoms with Crippen molar-refractivity contribution in [2.24, 2.45) is 0 Å². The van der Waals surface area contributed by atoms with Gasteiger partial charge in [-0.25, -0.2) is 9.97 Å². The summed E-state index contributed by atoms with van der Waals surface area (Å²) in [5, 5.41) is -0.259. The molecule has 0 radical (unpaired) electrons. The number of aryl methyl sites for hydroxylation is 1. The fourth-order valence-electron chi connectivity index (χ4n) is 2.25. The SMILES string of the molecule is COc1ncnc2c1nc(C(C)Cl)n2-c1ccc(C)cc1. The van der Waals surface area contributed by atoms with Gasteiger partial charge >= 0.3 is 0 Å². The molecule has 1 atom stereocenters. The summed E-state index contributed by atoms with van der Waals surface area (Å²) in [6.45, 7) is 3.93. The summed E-state index contributed by atoms with van der Waals surface area (Å²) in [5.41, 5.74) is 3.46. The predicted octanol–water partition coefficient (Wildman–Crippen LogP) is 3.43. The van der Waals surface area contributed by atoms with Gasteiger partial charge in [0.2, 0.25) is 5.88 Å². The minimum atomic E-state index is -0.259. The van der Waals surface area contributed by atoms with E-state index in [-0.39, 0.29) is 5.38 Å². The molecule has 1 aromatic carbocycles. The topological polar surface area (TPSA) is 52.8 Å². The zero-order valence-corrected chi connectivity index (χ0v) is 12.8. The largest absolute Gasteiger partial charge is 0.479 e. The molecule has 108 valence electrons. The Kier molecular flexibility index (Phi) is 3.51. The number of rotatable bonds is 3. The maximum atomic E-state index is 6.28. The number of hydrogen-bond donors (Lipinski definition) is 0. The van der Waals surface area contributed by atoms with Crippen molar-refractivity contribution >= 4 is 22.8 Å². The highest BCUT2D eigenvalue weighted by molar-refractivity contribution is 6.20. The van der Waals surface area contributed by atoms with E-state index in [1.807, 2.05) is 42.7 Å². The molecule has 0 N–H and O–H groups in total. The molecule has 3 aromatic rings. The number of halogens is 1. The monoisotopic (exact) mass is 302 g/mol. The number of aromatic nitrogens is 4. The highest BCUT2D eigenvalue weighted by atomic mass is 35.5. The lowest BCUT2D eigenvalue weighted by Gasteiger charge is -2.10. The summed E-state index contributed by atoms with van der Waals surface area (Å²) in [7, 11) is 1.57. The van der Waals surface area contributed by atoms with E-state index >= 15 is 0 Å².